The molecule has 0 saturated heterocycles. The normalized spacial score (nSPS) is 19.8. The molecule has 0 saturated carbocycles. The van der Waals surface area contributed by atoms with E-state index in [0.717, 1.165) is 37.5 Å². The second-order valence-corrected chi connectivity index (χ2v) is 10.9. The van der Waals surface area contributed by atoms with E-state index in [1.807, 2.05) is 45.0 Å². The highest BCUT2D eigenvalue weighted by Crippen LogP contribution is 2.43. The number of para-hydroxylation sites is 1. The molecule has 1 atom stereocenters. The molecule has 2 aliphatic rings. The van der Waals surface area contributed by atoms with E-state index in [4.69, 9.17) is 9.47 Å². The summed E-state index contributed by atoms with van der Waals surface area (Å²) in [4.78, 5) is 24.9. The first-order chi connectivity index (χ1) is 17.6. The summed E-state index contributed by atoms with van der Waals surface area (Å²) in [6, 6.07) is 7.94. The molecule has 0 radical (unpaired) electrons. The van der Waals surface area contributed by atoms with E-state index in [1.54, 1.807) is 24.3 Å². The van der Waals surface area contributed by atoms with E-state index in [0.29, 0.717) is 37.1 Å². The van der Waals surface area contributed by atoms with Gasteiger partial charge in [-0.15, -0.1) is 0 Å². The van der Waals surface area contributed by atoms with Crippen LogP contribution in [0.25, 0.3) is 16.3 Å². The smallest absolute Gasteiger partial charge is 0.350 e. The molecule has 0 bridgehead atoms. The van der Waals surface area contributed by atoms with Gasteiger partial charge in [-0.05, 0) is 56.9 Å². The molecule has 5 rings (SSSR count). The van der Waals surface area contributed by atoms with Crippen LogP contribution in [-0.4, -0.2) is 34.2 Å². The highest BCUT2D eigenvalue weighted by molar-refractivity contribution is 7.18. The molecule has 1 unspecified atom stereocenters. The highest BCUT2D eigenvalue weighted by atomic mass is 32.1. The lowest BCUT2D eigenvalue weighted by atomic mass is 9.87. The molecule has 2 heterocycles. The first kappa shape index (κ1) is 25.0. The van der Waals surface area contributed by atoms with Crippen molar-refractivity contribution in [1.82, 2.24) is 0 Å². The number of aliphatic hydroxyl groups excluding tert-OH is 1. The highest BCUT2D eigenvalue weighted by Gasteiger charge is 2.42. The summed E-state index contributed by atoms with van der Waals surface area (Å²) in [6.45, 7) is 8.17. The fourth-order valence-corrected chi connectivity index (χ4v) is 6.05. The van der Waals surface area contributed by atoms with Gasteiger partial charge in [0.15, 0.2) is 12.3 Å². The van der Waals surface area contributed by atoms with Crippen molar-refractivity contribution in [2.45, 2.75) is 59.1 Å². The molecule has 1 aliphatic heterocycles. The standard InChI is InChI=1S/C29H29NO6S/c1-16-17(2)27-19(18(3)26(16)33)10-11-29(4,36-27)28(34)35-13-7-12-30-21-8-5-6-9-24(21)37-25(30)14-20-22(31)15-23(20)32/h5-6,8-9,14-15H,7,10-13H2,1-4H3,(H-,31,32,33)/p+1. The Morgan fingerprint density at radius 1 is 1.19 bits per heavy atom. The van der Waals surface area contributed by atoms with Gasteiger partial charge in [0.25, 0.3) is 5.01 Å². The van der Waals surface area contributed by atoms with Crippen LogP contribution in [0.2, 0.25) is 0 Å². The van der Waals surface area contributed by atoms with Gasteiger partial charge in [-0.3, -0.25) is 4.79 Å². The summed E-state index contributed by atoms with van der Waals surface area (Å²) in [5.74, 6) is 0.361. The summed E-state index contributed by atoms with van der Waals surface area (Å²) < 4.78 is 15.1. The number of aromatic nitrogens is 1. The molecule has 8 heteroatoms. The van der Waals surface area contributed by atoms with E-state index < -0.39 is 11.6 Å². The fraction of sp³-hybridized carbons (Fsp3) is 0.345. The van der Waals surface area contributed by atoms with Crippen LogP contribution in [0.1, 0.15) is 47.0 Å². The zero-order valence-corrected chi connectivity index (χ0v) is 22.2. The van der Waals surface area contributed by atoms with Crippen molar-refractivity contribution < 1.29 is 33.8 Å². The van der Waals surface area contributed by atoms with Crippen LogP contribution in [0, 0.1) is 20.8 Å². The molecule has 37 heavy (non-hydrogen) atoms. The number of aromatic hydroxyl groups is 1. The van der Waals surface area contributed by atoms with E-state index in [1.165, 1.54) is 6.08 Å². The van der Waals surface area contributed by atoms with E-state index in [-0.39, 0.29) is 23.9 Å². The predicted molar refractivity (Wildman–Crippen MR) is 141 cm³/mol. The number of rotatable bonds is 6. The Labute approximate surface area is 219 Å². The van der Waals surface area contributed by atoms with Gasteiger partial charge in [0.1, 0.15) is 22.0 Å². The lowest BCUT2D eigenvalue weighted by Gasteiger charge is -2.35. The third-order valence-corrected chi connectivity index (χ3v) is 8.54. The maximum atomic E-state index is 13.1. The quantitative estimate of drug-likeness (QED) is 0.207. The number of carbonyl (C=O) groups is 2. The Kier molecular flexibility index (Phi) is 6.31. The van der Waals surface area contributed by atoms with Crippen LogP contribution in [0.3, 0.4) is 0 Å². The Bertz CT molecular complexity index is 1510. The van der Waals surface area contributed by atoms with Crippen molar-refractivity contribution in [2.24, 2.45) is 0 Å². The molecule has 3 aromatic rings. The first-order valence-electron chi connectivity index (χ1n) is 12.4. The summed E-state index contributed by atoms with van der Waals surface area (Å²) in [5.41, 5.74) is 3.57. The van der Waals surface area contributed by atoms with Crippen molar-refractivity contribution in [1.29, 1.82) is 0 Å². The zero-order chi connectivity index (χ0) is 26.5. The number of esters is 1. The predicted octanol–water partition coefficient (Wildman–Crippen LogP) is 4.94. The van der Waals surface area contributed by atoms with Crippen LogP contribution >= 0.6 is 11.3 Å². The second kappa shape index (κ2) is 9.34. The Hall–Kier alpha value is -3.65. The monoisotopic (exact) mass is 520 g/mol. The van der Waals surface area contributed by atoms with Crippen molar-refractivity contribution in [2.75, 3.05) is 6.61 Å². The number of nitrogens with zero attached hydrogens (tertiary/aromatic N) is 1. The average molecular weight is 521 g/mol. The number of hydrogen-bond acceptors (Lipinski definition) is 7. The SMILES string of the molecule is Cc1c(C)c2c(c(C)c1O)CCC(C)(C(=O)OCCC[n+]1c(/C=C3\C(=O)C=C3O)sc3ccccc31)O2. The number of aliphatic hydroxyl groups is 1. The van der Waals surface area contributed by atoms with Crippen molar-refractivity contribution in [3.05, 3.63) is 68.9 Å². The van der Waals surface area contributed by atoms with Gasteiger partial charge in [-0.2, -0.15) is 4.57 Å². The first-order valence-corrected chi connectivity index (χ1v) is 13.2. The fourth-order valence-electron chi connectivity index (χ4n) is 4.92. The van der Waals surface area contributed by atoms with Crippen LogP contribution in [-0.2, 0) is 27.3 Å². The number of fused-ring (bicyclic) bond motifs is 2. The topological polar surface area (TPSA) is 96.9 Å². The molecule has 0 spiro atoms. The van der Waals surface area contributed by atoms with Crippen molar-refractivity contribution in [3.8, 4) is 11.5 Å². The Morgan fingerprint density at radius 3 is 2.68 bits per heavy atom. The van der Waals surface area contributed by atoms with Gasteiger partial charge in [0.2, 0.25) is 11.1 Å². The summed E-state index contributed by atoms with van der Waals surface area (Å²) in [5, 5.41) is 21.1. The van der Waals surface area contributed by atoms with E-state index in [2.05, 4.69) is 4.57 Å². The molecule has 192 valence electrons. The molecule has 1 aromatic heterocycles. The van der Waals surface area contributed by atoms with Gasteiger partial charge >= 0.3 is 5.97 Å². The molecular weight excluding hydrogens is 490 g/mol. The number of hydrogen-bond donors (Lipinski definition) is 2. The van der Waals surface area contributed by atoms with Crippen molar-refractivity contribution >= 4 is 39.4 Å². The Morgan fingerprint density at radius 2 is 1.95 bits per heavy atom. The summed E-state index contributed by atoms with van der Waals surface area (Å²) >= 11 is 1.54. The maximum absolute atomic E-state index is 13.1. The number of thiazole rings is 1. The summed E-state index contributed by atoms with van der Waals surface area (Å²) in [6.07, 6.45) is 4.58. The maximum Gasteiger partial charge on any atom is 0.350 e. The molecule has 0 amide bonds. The van der Waals surface area contributed by atoms with Gasteiger partial charge in [-0.25, -0.2) is 4.79 Å². The minimum atomic E-state index is -1.10. The number of allylic oxidation sites excluding steroid dienone is 2. The van der Waals surface area contributed by atoms with E-state index >= 15 is 0 Å². The van der Waals surface area contributed by atoms with E-state index in [9.17, 15) is 19.8 Å². The number of ketones is 1. The molecular formula is C29H30NO6S+. The molecule has 1 aliphatic carbocycles. The van der Waals surface area contributed by atoms with Crippen molar-refractivity contribution in [3.63, 3.8) is 0 Å². The number of aryl methyl sites for hydroxylation is 1. The third kappa shape index (κ3) is 4.29. The molecule has 7 nitrogen and oxygen atoms in total. The van der Waals surface area contributed by atoms with Crippen LogP contribution in [0.4, 0.5) is 0 Å². The molecule has 2 aromatic carbocycles. The minimum Gasteiger partial charge on any atom is -0.507 e. The number of ether oxygens (including phenoxy) is 2. The van der Waals surface area contributed by atoms with Crippen LogP contribution in [0.5, 0.6) is 11.5 Å². The van der Waals surface area contributed by atoms with Gasteiger partial charge < -0.3 is 19.7 Å². The van der Waals surface area contributed by atoms with Gasteiger partial charge in [0.05, 0.1) is 12.2 Å². The number of phenolic OH excluding ortho intramolecular Hbond substituents is 1. The van der Waals surface area contributed by atoms with Crippen LogP contribution in [0.15, 0.2) is 41.7 Å². The summed E-state index contributed by atoms with van der Waals surface area (Å²) in [7, 11) is 0. The number of benzene rings is 2. The third-order valence-electron chi connectivity index (χ3n) is 7.42. The average Bonchev–Trinajstić information content (AvgIpc) is 3.24. The van der Waals surface area contributed by atoms with Crippen LogP contribution < -0.4 is 9.30 Å². The second-order valence-electron chi connectivity index (χ2n) is 9.87. The lowest BCUT2D eigenvalue weighted by Crippen LogP contribution is -2.46. The molecule has 0 fully saturated rings. The minimum absolute atomic E-state index is 0.000993. The largest absolute Gasteiger partial charge is 0.507 e. The number of phenols is 1. The molecule has 2 N–H and O–H groups in total. The zero-order valence-electron chi connectivity index (χ0n) is 21.4. The van der Waals surface area contributed by atoms with Gasteiger partial charge in [-0.1, -0.05) is 23.5 Å². The Balaban J connectivity index is 1.28. The van der Waals surface area contributed by atoms with Gasteiger partial charge in [0, 0.05) is 36.6 Å². The number of carbonyl (C=O) groups excluding carboxylic acids is 2. The lowest BCUT2D eigenvalue weighted by molar-refractivity contribution is -0.669.